The second-order valence-electron chi connectivity index (χ2n) is 6.74. The summed E-state index contributed by atoms with van der Waals surface area (Å²) in [6.07, 6.45) is 5.23. The van der Waals surface area contributed by atoms with Crippen LogP contribution in [0.2, 0.25) is 0 Å². The van der Waals surface area contributed by atoms with Gasteiger partial charge in [-0.3, -0.25) is 0 Å². The molecule has 4 heteroatoms. The molecule has 0 aliphatic heterocycles. The summed E-state index contributed by atoms with van der Waals surface area (Å²) >= 11 is 0. The fraction of sp³-hybridized carbons (Fsp3) is 0.333. The molecule has 0 bridgehead atoms. The van der Waals surface area contributed by atoms with E-state index in [-0.39, 0.29) is 0 Å². The normalized spacial score (nSPS) is 14.9. The van der Waals surface area contributed by atoms with Gasteiger partial charge in [-0.25, -0.2) is 0 Å². The molecule has 1 N–H and O–H groups in total. The number of aromatic nitrogens is 3. The molecule has 128 valence electrons. The number of benzene rings is 2. The lowest BCUT2D eigenvalue weighted by Gasteiger charge is -2.10. The van der Waals surface area contributed by atoms with Crippen molar-refractivity contribution in [3.63, 3.8) is 0 Å². The van der Waals surface area contributed by atoms with Gasteiger partial charge in [-0.2, -0.15) is 15.0 Å². The summed E-state index contributed by atoms with van der Waals surface area (Å²) in [5.41, 5.74) is 4.37. The van der Waals surface area contributed by atoms with Crippen molar-refractivity contribution in [2.24, 2.45) is 0 Å². The van der Waals surface area contributed by atoms with Gasteiger partial charge in [0, 0.05) is 18.2 Å². The molecule has 0 unspecified atom stereocenters. The molecule has 0 atom stereocenters. The number of hydrogen-bond donors (Lipinski definition) is 1. The molecule has 1 saturated carbocycles. The highest BCUT2D eigenvalue weighted by Crippen LogP contribution is 2.22. The van der Waals surface area contributed by atoms with Crippen molar-refractivity contribution >= 4 is 0 Å². The average molecular weight is 332 g/mol. The molecule has 0 amide bonds. The summed E-state index contributed by atoms with van der Waals surface area (Å²) in [6, 6.07) is 21.4. The average Bonchev–Trinajstić information content (AvgIpc) is 3.31. The van der Waals surface area contributed by atoms with Gasteiger partial charge in [0.05, 0.1) is 6.54 Å². The molecule has 0 saturated heterocycles. The van der Waals surface area contributed by atoms with Gasteiger partial charge in [0.1, 0.15) is 11.4 Å². The minimum atomic E-state index is 0.628. The highest BCUT2D eigenvalue weighted by Gasteiger charge is 2.18. The maximum Gasteiger partial charge on any atom is 0.117 e. The van der Waals surface area contributed by atoms with Crippen molar-refractivity contribution < 1.29 is 0 Å². The largest absolute Gasteiger partial charge is 0.308 e. The molecule has 3 aromatic rings. The van der Waals surface area contributed by atoms with Crippen LogP contribution >= 0.6 is 0 Å². The van der Waals surface area contributed by atoms with Crippen LogP contribution in [-0.2, 0) is 13.1 Å². The monoisotopic (exact) mass is 332 g/mol. The van der Waals surface area contributed by atoms with E-state index in [9.17, 15) is 0 Å². The summed E-state index contributed by atoms with van der Waals surface area (Å²) < 4.78 is 0. The molecule has 1 fully saturated rings. The van der Waals surface area contributed by atoms with Crippen LogP contribution in [0.5, 0.6) is 0 Å². The van der Waals surface area contributed by atoms with E-state index < -0.39 is 0 Å². The summed E-state index contributed by atoms with van der Waals surface area (Å²) in [7, 11) is 0. The van der Waals surface area contributed by atoms with Crippen LogP contribution < -0.4 is 5.32 Å². The van der Waals surface area contributed by atoms with Crippen LogP contribution in [0.4, 0.5) is 0 Å². The van der Waals surface area contributed by atoms with E-state index in [0.29, 0.717) is 12.6 Å². The lowest BCUT2D eigenvalue weighted by atomic mass is 10.1. The maximum absolute atomic E-state index is 4.79. The third kappa shape index (κ3) is 3.97. The predicted octanol–water partition coefficient (Wildman–Crippen LogP) is 4.03. The van der Waals surface area contributed by atoms with Gasteiger partial charge in [0.15, 0.2) is 0 Å². The van der Waals surface area contributed by atoms with E-state index in [1.807, 2.05) is 16.9 Å². The number of nitrogens with one attached hydrogen (secondary N) is 1. The Hall–Kier alpha value is -2.46. The van der Waals surface area contributed by atoms with Gasteiger partial charge in [-0.1, -0.05) is 73.5 Å². The van der Waals surface area contributed by atoms with Crippen LogP contribution in [-0.4, -0.2) is 21.0 Å². The third-order valence-corrected chi connectivity index (χ3v) is 4.85. The second-order valence-corrected chi connectivity index (χ2v) is 6.74. The quantitative estimate of drug-likeness (QED) is 0.741. The Morgan fingerprint density at radius 3 is 2.28 bits per heavy atom. The molecule has 4 nitrogen and oxygen atoms in total. The molecule has 0 spiro atoms. The zero-order chi connectivity index (χ0) is 16.9. The Labute approximate surface area is 148 Å². The Morgan fingerprint density at radius 1 is 0.880 bits per heavy atom. The first kappa shape index (κ1) is 16.0. The van der Waals surface area contributed by atoms with Crippen molar-refractivity contribution in [3.05, 3.63) is 71.9 Å². The Balaban J connectivity index is 1.58. The lowest BCUT2D eigenvalue weighted by molar-refractivity contribution is 0.511. The fourth-order valence-electron chi connectivity index (χ4n) is 3.51. The summed E-state index contributed by atoms with van der Waals surface area (Å²) in [6.45, 7) is 1.48. The molecule has 1 aromatic heterocycles. The first-order chi connectivity index (χ1) is 12.4. The van der Waals surface area contributed by atoms with Gasteiger partial charge in [0.25, 0.3) is 0 Å². The van der Waals surface area contributed by atoms with Crippen LogP contribution in [0.1, 0.15) is 36.9 Å². The first-order valence-corrected chi connectivity index (χ1v) is 9.15. The highest BCUT2D eigenvalue weighted by molar-refractivity contribution is 5.60. The minimum absolute atomic E-state index is 0.628. The Morgan fingerprint density at radius 2 is 1.56 bits per heavy atom. The molecule has 1 aliphatic rings. The molecule has 2 aromatic carbocycles. The maximum atomic E-state index is 4.79. The van der Waals surface area contributed by atoms with Gasteiger partial charge in [0.2, 0.25) is 0 Å². The summed E-state index contributed by atoms with van der Waals surface area (Å²) in [5, 5.41) is 13.2. The number of rotatable bonds is 6. The van der Waals surface area contributed by atoms with Gasteiger partial charge in [-0.05, 0) is 18.4 Å². The van der Waals surface area contributed by atoms with Crippen LogP contribution in [0, 0.1) is 0 Å². The molecular formula is C21H24N4. The van der Waals surface area contributed by atoms with E-state index in [2.05, 4.69) is 53.8 Å². The van der Waals surface area contributed by atoms with Crippen molar-refractivity contribution in [1.29, 1.82) is 0 Å². The fourth-order valence-corrected chi connectivity index (χ4v) is 3.51. The molecule has 4 rings (SSSR count). The van der Waals surface area contributed by atoms with Crippen molar-refractivity contribution in [3.8, 4) is 11.3 Å². The van der Waals surface area contributed by atoms with E-state index in [0.717, 1.165) is 23.5 Å². The smallest absolute Gasteiger partial charge is 0.117 e. The van der Waals surface area contributed by atoms with E-state index >= 15 is 0 Å². The van der Waals surface area contributed by atoms with Crippen molar-refractivity contribution in [2.45, 2.75) is 44.8 Å². The molecule has 1 heterocycles. The number of hydrogen-bond acceptors (Lipinski definition) is 3. The van der Waals surface area contributed by atoms with E-state index in [4.69, 9.17) is 10.2 Å². The minimum Gasteiger partial charge on any atom is -0.308 e. The topological polar surface area (TPSA) is 42.7 Å². The zero-order valence-electron chi connectivity index (χ0n) is 14.4. The molecule has 0 radical (unpaired) electrons. The molecule has 1 aliphatic carbocycles. The molecular weight excluding hydrogens is 308 g/mol. The number of nitrogens with zero attached hydrogens (tertiary/aromatic N) is 3. The Bertz CT molecular complexity index is 789. The second kappa shape index (κ2) is 7.62. The zero-order valence-corrected chi connectivity index (χ0v) is 14.4. The van der Waals surface area contributed by atoms with Crippen LogP contribution in [0.3, 0.4) is 0 Å². The van der Waals surface area contributed by atoms with Gasteiger partial charge < -0.3 is 5.32 Å². The van der Waals surface area contributed by atoms with Crippen LogP contribution in [0.15, 0.2) is 60.7 Å². The molecule has 25 heavy (non-hydrogen) atoms. The van der Waals surface area contributed by atoms with E-state index in [1.54, 1.807) is 0 Å². The lowest BCUT2D eigenvalue weighted by Crippen LogP contribution is -2.25. The summed E-state index contributed by atoms with van der Waals surface area (Å²) in [4.78, 5) is 1.82. The van der Waals surface area contributed by atoms with Gasteiger partial charge in [-0.15, -0.1) is 0 Å². The third-order valence-electron chi connectivity index (χ3n) is 4.85. The van der Waals surface area contributed by atoms with Crippen molar-refractivity contribution in [2.75, 3.05) is 0 Å². The SMILES string of the molecule is c1ccc(Cn2nc(CNC3CCCC3)c(-c3ccccc3)n2)cc1. The predicted molar refractivity (Wildman–Crippen MR) is 100 cm³/mol. The van der Waals surface area contributed by atoms with Crippen molar-refractivity contribution in [1.82, 2.24) is 20.3 Å². The van der Waals surface area contributed by atoms with E-state index in [1.165, 1.54) is 31.2 Å². The van der Waals surface area contributed by atoms with Crippen LogP contribution in [0.25, 0.3) is 11.3 Å². The first-order valence-electron chi connectivity index (χ1n) is 9.15. The van der Waals surface area contributed by atoms with Gasteiger partial charge >= 0.3 is 0 Å². The summed E-state index contributed by atoms with van der Waals surface area (Å²) in [5.74, 6) is 0. The highest BCUT2D eigenvalue weighted by atomic mass is 15.5. The Kier molecular flexibility index (Phi) is 4.89. The standard InChI is InChI=1S/C21H24N4/c1-3-9-17(10-4-1)16-25-23-20(15-22-19-13-7-8-14-19)21(24-25)18-11-5-2-6-12-18/h1-6,9-12,19,22H,7-8,13-16H2.